The highest BCUT2D eigenvalue weighted by Crippen LogP contribution is 2.44. The normalized spacial score (nSPS) is 14.3. The molecule has 0 saturated carbocycles. The van der Waals surface area contributed by atoms with E-state index in [1.54, 1.807) is 0 Å². The van der Waals surface area contributed by atoms with E-state index in [1.165, 1.54) is 6.92 Å². The van der Waals surface area contributed by atoms with Crippen LogP contribution in [0.15, 0.2) is 48.5 Å². The van der Waals surface area contributed by atoms with Crippen molar-refractivity contribution in [3.63, 3.8) is 0 Å². The molecule has 0 spiro atoms. The van der Waals surface area contributed by atoms with E-state index in [9.17, 15) is 14.4 Å². The Bertz CT molecular complexity index is 926. The van der Waals surface area contributed by atoms with E-state index < -0.39 is 30.1 Å². The molecule has 1 aliphatic rings. The number of ether oxygens (including phenoxy) is 2. The first-order valence-corrected chi connectivity index (χ1v) is 10.4. The molecule has 0 saturated heterocycles. The van der Waals surface area contributed by atoms with Crippen molar-refractivity contribution in [1.82, 2.24) is 5.32 Å². The number of amides is 2. The maximum atomic E-state index is 12.3. The highest BCUT2D eigenvalue weighted by molar-refractivity contribution is 5.85. The third-order valence-electron chi connectivity index (χ3n) is 5.29. The maximum Gasteiger partial charge on any atom is 0.407 e. The molecule has 1 aliphatic carbocycles. The van der Waals surface area contributed by atoms with Crippen molar-refractivity contribution in [2.24, 2.45) is 11.7 Å². The lowest BCUT2D eigenvalue weighted by atomic mass is 9.98. The second-order valence-electron chi connectivity index (χ2n) is 8.15. The summed E-state index contributed by atoms with van der Waals surface area (Å²) in [4.78, 5) is 36.1. The standard InChI is InChI=1S/C24H28N2O5/c1-14(2)12-21(22(25)27)31-23(28)15(3)26-24(29)30-13-20-18-10-6-4-8-16(18)17-9-5-7-11-19(17)20/h4-11,14-15,20-21H,12-13H2,1-3H3,(H2,25,27)(H,26,29)/t15-,21-/m0/s1. The number of hydrogen-bond donors (Lipinski definition) is 2. The molecule has 3 rings (SSSR count). The Labute approximate surface area is 181 Å². The predicted octanol–water partition coefficient (Wildman–Crippen LogP) is 3.36. The van der Waals surface area contributed by atoms with Crippen molar-refractivity contribution >= 4 is 18.0 Å². The van der Waals surface area contributed by atoms with Crippen LogP contribution in [0, 0.1) is 5.92 Å². The average molecular weight is 424 g/mol. The third-order valence-corrected chi connectivity index (χ3v) is 5.29. The lowest BCUT2D eigenvalue weighted by Gasteiger charge is -2.20. The van der Waals surface area contributed by atoms with Crippen LogP contribution in [0.3, 0.4) is 0 Å². The van der Waals surface area contributed by atoms with Crippen LogP contribution < -0.4 is 11.1 Å². The number of alkyl carbamates (subject to hydrolysis) is 1. The Balaban J connectivity index is 1.58. The maximum absolute atomic E-state index is 12.3. The number of primary amides is 1. The van der Waals surface area contributed by atoms with E-state index in [4.69, 9.17) is 15.2 Å². The zero-order valence-electron chi connectivity index (χ0n) is 18.0. The molecule has 31 heavy (non-hydrogen) atoms. The van der Waals surface area contributed by atoms with Crippen molar-refractivity contribution in [3.05, 3.63) is 59.7 Å². The molecule has 0 aliphatic heterocycles. The van der Waals surface area contributed by atoms with Crippen molar-refractivity contribution in [2.75, 3.05) is 6.61 Å². The van der Waals surface area contributed by atoms with Crippen LogP contribution >= 0.6 is 0 Å². The number of hydrogen-bond acceptors (Lipinski definition) is 5. The van der Waals surface area contributed by atoms with Gasteiger partial charge in [-0.1, -0.05) is 62.4 Å². The first kappa shape index (κ1) is 22.3. The molecule has 2 amide bonds. The Hall–Kier alpha value is -3.35. The SMILES string of the molecule is CC(C)C[C@H](OC(=O)[C@H](C)NC(=O)OCC1c2ccccc2-c2ccccc21)C(N)=O. The molecule has 2 aromatic rings. The van der Waals surface area contributed by atoms with Crippen LogP contribution in [0.1, 0.15) is 44.2 Å². The molecule has 0 radical (unpaired) electrons. The lowest BCUT2D eigenvalue weighted by Crippen LogP contribution is -2.44. The Morgan fingerprint density at radius 3 is 2.03 bits per heavy atom. The smallest absolute Gasteiger partial charge is 0.407 e. The summed E-state index contributed by atoms with van der Waals surface area (Å²) in [5.41, 5.74) is 9.76. The number of esters is 1. The van der Waals surface area contributed by atoms with Gasteiger partial charge in [0.15, 0.2) is 6.10 Å². The molecule has 0 bridgehead atoms. The van der Waals surface area contributed by atoms with Gasteiger partial charge in [0.05, 0.1) is 0 Å². The minimum atomic E-state index is -1.03. The van der Waals surface area contributed by atoms with Gasteiger partial charge in [-0.15, -0.1) is 0 Å². The highest BCUT2D eigenvalue weighted by atomic mass is 16.6. The van der Waals surface area contributed by atoms with Gasteiger partial charge in [-0.25, -0.2) is 9.59 Å². The van der Waals surface area contributed by atoms with Crippen LogP contribution in [0.25, 0.3) is 11.1 Å². The molecule has 7 nitrogen and oxygen atoms in total. The summed E-state index contributed by atoms with van der Waals surface area (Å²) < 4.78 is 10.6. The van der Waals surface area contributed by atoms with Gasteiger partial charge < -0.3 is 20.5 Å². The van der Waals surface area contributed by atoms with E-state index in [0.717, 1.165) is 22.3 Å². The summed E-state index contributed by atoms with van der Waals surface area (Å²) in [5.74, 6) is -1.41. The number of benzene rings is 2. The topological polar surface area (TPSA) is 108 Å². The van der Waals surface area contributed by atoms with Crippen LogP contribution in [0.4, 0.5) is 4.79 Å². The van der Waals surface area contributed by atoms with Crippen LogP contribution in [0.2, 0.25) is 0 Å². The minimum Gasteiger partial charge on any atom is -0.451 e. The molecule has 2 atom stereocenters. The van der Waals surface area contributed by atoms with E-state index in [2.05, 4.69) is 17.4 Å². The Morgan fingerprint density at radius 2 is 1.52 bits per heavy atom. The summed E-state index contributed by atoms with van der Waals surface area (Å²) in [6.45, 7) is 5.39. The number of fused-ring (bicyclic) bond motifs is 3. The van der Waals surface area contributed by atoms with Crippen molar-refractivity contribution < 1.29 is 23.9 Å². The molecule has 2 aromatic carbocycles. The molecule has 0 unspecified atom stereocenters. The van der Waals surface area contributed by atoms with Crippen molar-refractivity contribution in [3.8, 4) is 11.1 Å². The van der Waals surface area contributed by atoms with Gasteiger partial charge in [-0.2, -0.15) is 0 Å². The molecule has 3 N–H and O–H groups in total. The predicted molar refractivity (Wildman–Crippen MR) is 116 cm³/mol. The van der Waals surface area contributed by atoms with Gasteiger partial charge in [-0.3, -0.25) is 4.79 Å². The Morgan fingerprint density at radius 1 is 0.968 bits per heavy atom. The van der Waals surface area contributed by atoms with Gasteiger partial charge in [0.2, 0.25) is 0 Å². The highest BCUT2D eigenvalue weighted by Gasteiger charge is 2.30. The minimum absolute atomic E-state index is 0.0781. The first-order chi connectivity index (χ1) is 14.8. The Kier molecular flexibility index (Phi) is 6.95. The third kappa shape index (κ3) is 5.23. The summed E-state index contributed by atoms with van der Waals surface area (Å²) in [7, 11) is 0. The second-order valence-corrected chi connectivity index (χ2v) is 8.15. The molecule has 0 aromatic heterocycles. The summed E-state index contributed by atoms with van der Waals surface area (Å²) in [6.07, 6.45) is -1.44. The van der Waals surface area contributed by atoms with E-state index >= 15 is 0 Å². The monoisotopic (exact) mass is 424 g/mol. The van der Waals surface area contributed by atoms with Gasteiger partial charge in [0, 0.05) is 5.92 Å². The largest absolute Gasteiger partial charge is 0.451 e. The summed E-state index contributed by atoms with van der Waals surface area (Å²) in [5, 5.41) is 2.46. The molecular weight excluding hydrogens is 396 g/mol. The number of nitrogens with one attached hydrogen (secondary N) is 1. The zero-order valence-corrected chi connectivity index (χ0v) is 18.0. The molecular formula is C24H28N2O5. The van der Waals surface area contributed by atoms with Gasteiger partial charge >= 0.3 is 12.1 Å². The summed E-state index contributed by atoms with van der Waals surface area (Å²) >= 11 is 0. The fourth-order valence-corrected chi connectivity index (χ4v) is 3.77. The van der Waals surface area contributed by atoms with E-state index in [0.29, 0.717) is 6.42 Å². The van der Waals surface area contributed by atoms with Crippen LogP contribution in [-0.4, -0.2) is 36.7 Å². The number of nitrogens with two attached hydrogens (primary N) is 1. The van der Waals surface area contributed by atoms with Gasteiger partial charge in [-0.05, 0) is 41.5 Å². The number of carbonyl (C=O) groups excluding carboxylic acids is 3. The number of rotatable bonds is 8. The zero-order chi connectivity index (χ0) is 22.5. The van der Waals surface area contributed by atoms with Crippen molar-refractivity contribution in [2.45, 2.75) is 45.3 Å². The van der Waals surface area contributed by atoms with Crippen LogP contribution in [-0.2, 0) is 19.1 Å². The van der Waals surface area contributed by atoms with Crippen molar-refractivity contribution in [1.29, 1.82) is 0 Å². The molecule has 0 heterocycles. The average Bonchev–Trinajstić information content (AvgIpc) is 3.05. The molecule has 0 fully saturated rings. The number of carbonyl (C=O) groups is 3. The molecule has 7 heteroatoms. The quantitative estimate of drug-likeness (QED) is 0.632. The van der Waals surface area contributed by atoms with E-state index in [1.807, 2.05) is 50.2 Å². The molecule has 164 valence electrons. The van der Waals surface area contributed by atoms with Gasteiger partial charge in [0.25, 0.3) is 5.91 Å². The van der Waals surface area contributed by atoms with Gasteiger partial charge in [0.1, 0.15) is 12.6 Å². The van der Waals surface area contributed by atoms with Crippen LogP contribution in [0.5, 0.6) is 0 Å². The second kappa shape index (κ2) is 9.64. The fraction of sp³-hybridized carbons (Fsp3) is 0.375. The lowest BCUT2D eigenvalue weighted by molar-refractivity contribution is -0.157. The summed E-state index contributed by atoms with van der Waals surface area (Å²) in [6, 6.07) is 15.1. The fourth-order valence-electron chi connectivity index (χ4n) is 3.77. The van der Waals surface area contributed by atoms with E-state index in [-0.39, 0.29) is 18.4 Å². The first-order valence-electron chi connectivity index (χ1n) is 10.4.